The number of piperazine rings is 1. The van der Waals surface area contributed by atoms with Gasteiger partial charge in [0.25, 0.3) is 0 Å². The van der Waals surface area contributed by atoms with E-state index in [1.54, 1.807) is 11.0 Å². The van der Waals surface area contributed by atoms with Crippen molar-refractivity contribution in [1.82, 2.24) is 4.90 Å². The first-order valence-corrected chi connectivity index (χ1v) is 7.79. The van der Waals surface area contributed by atoms with Crippen LogP contribution in [0.2, 0.25) is 0 Å². The zero-order chi connectivity index (χ0) is 16.2. The third-order valence-electron chi connectivity index (χ3n) is 4.09. The number of aryl methyl sites for hydroxylation is 1. The average Bonchev–Trinajstić information content (AvgIpc) is 2.57. The van der Waals surface area contributed by atoms with E-state index in [1.807, 2.05) is 49.4 Å². The molecule has 0 bridgehead atoms. The van der Waals surface area contributed by atoms with Crippen LogP contribution in [0.15, 0.2) is 48.5 Å². The summed E-state index contributed by atoms with van der Waals surface area (Å²) in [5, 5.41) is 12.8. The number of carbonyl (C=O) groups excluding carboxylic acids is 1. The number of nitrogens with zero attached hydrogens (tertiary/aromatic N) is 2. The van der Waals surface area contributed by atoms with Crippen LogP contribution in [-0.2, 0) is 0 Å². The van der Waals surface area contributed by atoms with Crippen molar-refractivity contribution in [2.45, 2.75) is 6.92 Å². The van der Waals surface area contributed by atoms with Gasteiger partial charge in [-0.2, -0.15) is 0 Å². The van der Waals surface area contributed by atoms with E-state index in [4.69, 9.17) is 0 Å². The predicted octanol–water partition coefficient (Wildman–Crippen LogP) is 3.05. The smallest absolute Gasteiger partial charge is 0.321 e. The van der Waals surface area contributed by atoms with Gasteiger partial charge in [-0.3, -0.25) is 0 Å². The molecular weight excluding hydrogens is 290 g/mol. The summed E-state index contributed by atoms with van der Waals surface area (Å²) in [7, 11) is 0. The molecule has 1 aliphatic rings. The monoisotopic (exact) mass is 311 g/mol. The molecule has 2 N–H and O–H groups in total. The summed E-state index contributed by atoms with van der Waals surface area (Å²) in [6, 6.07) is 15.0. The van der Waals surface area contributed by atoms with E-state index >= 15 is 0 Å². The number of urea groups is 1. The number of benzene rings is 2. The highest BCUT2D eigenvalue weighted by Gasteiger charge is 2.22. The number of aromatic hydroxyl groups is 1. The highest BCUT2D eigenvalue weighted by molar-refractivity contribution is 5.89. The van der Waals surface area contributed by atoms with Gasteiger partial charge in [0.1, 0.15) is 5.75 Å². The maximum absolute atomic E-state index is 12.3. The Kier molecular flexibility index (Phi) is 4.37. The second-order valence-electron chi connectivity index (χ2n) is 5.76. The molecule has 23 heavy (non-hydrogen) atoms. The zero-order valence-electron chi connectivity index (χ0n) is 13.2. The molecule has 2 aromatic carbocycles. The summed E-state index contributed by atoms with van der Waals surface area (Å²) < 4.78 is 0. The second-order valence-corrected chi connectivity index (χ2v) is 5.76. The Labute approximate surface area is 136 Å². The highest BCUT2D eigenvalue weighted by Crippen LogP contribution is 2.27. The number of hydrogen-bond acceptors (Lipinski definition) is 3. The molecule has 3 rings (SSSR count). The van der Waals surface area contributed by atoms with Gasteiger partial charge < -0.3 is 20.2 Å². The lowest BCUT2D eigenvalue weighted by Gasteiger charge is -2.36. The first-order valence-electron chi connectivity index (χ1n) is 7.79. The largest absolute Gasteiger partial charge is 0.506 e. The minimum Gasteiger partial charge on any atom is -0.506 e. The fourth-order valence-electron chi connectivity index (χ4n) is 2.72. The molecule has 5 nitrogen and oxygen atoms in total. The number of para-hydroxylation sites is 2. The van der Waals surface area contributed by atoms with Gasteiger partial charge in [-0.05, 0) is 31.2 Å². The van der Waals surface area contributed by atoms with Crippen LogP contribution in [0.1, 0.15) is 5.56 Å². The molecule has 0 atom stereocenters. The number of anilines is 2. The SMILES string of the molecule is Cc1ccc(NC(=O)N2CCN(c3ccccc3O)CC2)cc1. The van der Waals surface area contributed by atoms with Gasteiger partial charge in [0, 0.05) is 31.9 Å². The van der Waals surface area contributed by atoms with E-state index < -0.39 is 0 Å². The van der Waals surface area contributed by atoms with E-state index in [0.29, 0.717) is 26.2 Å². The summed E-state index contributed by atoms with van der Waals surface area (Å²) in [6.45, 7) is 4.69. The Morgan fingerprint density at radius 2 is 1.65 bits per heavy atom. The number of phenols is 1. The summed E-state index contributed by atoms with van der Waals surface area (Å²) in [6.07, 6.45) is 0. The van der Waals surface area contributed by atoms with Crippen LogP contribution >= 0.6 is 0 Å². The van der Waals surface area contributed by atoms with E-state index in [9.17, 15) is 9.90 Å². The summed E-state index contributed by atoms with van der Waals surface area (Å²) >= 11 is 0. The van der Waals surface area contributed by atoms with Gasteiger partial charge in [0.05, 0.1) is 5.69 Å². The average molecular weight is 311 g/mol. The molecule has 0 spiro atoms. The molecule has 2 amide bonds. The predicted molar refractivity (Wildman–Crippen MR) is 92.1 cm³/mol. The fourth-order valence-corrected chi connectivity index (χ4v) is 2.72. The van der Waals surface area contributed by atoms with E-state index in [-0.39, 0.29) is 11.8 Å². The summed E-state index contributed by atoms with van der Waals surface area (Å²) in [4.78, 5) is 16.2. The number of nitrogens with one attached hydrogen (secondary N) is 1. The minimum atomic E-state index is -0.0780. The van der Waals surface area contributed by atoms with Crippen molar-refractivity contribution in [3.05, 3.63) is 54.1 Å². The first kappa shape index (κ1) is 15.2. The van der Waals surface area contributed by atoms with Crippen LogP contribution in [-0.4, -0.2) is 42.2 Å². The van der Waals surface area contributed by atoms with Gasteiger partial charge in [0.2, 0.25) is 0 Å². The number of phenolic OH excluding ortho intramolecular Hbond substituents is 1. The number of rotatable bonds is 2. The third-order valence-corrected chi connectivity index (χ3v) is 4.09. The van der Waals surface area contributed by atoms with Gasteiger partial charge in [-0.1, -0.05) is 29.8 Å². The molecule has 0 unspecified atom stereocenters. The van der Waals surface area contributed by atoms with Crippen molar-refractivity contribution < 1.29 is 9.90 Å². The third kappa shape index (κ3) is 3.56. The number of carbonyl (C=O) groups is 1. The standard InChI is InChI=1S/C18H21N3O2/c1-14-6-8-15(9-7-14)19-18(23)21-12-10-20(11-13-21)16-4-2-3-5-17(16)22/h2-9,22H,10-13H2,1H3,(H,19,23). The Balaban J connectivity index is 1.57. The Morgan fingerprint density at radius 1 is 1.00 bits per heavy atom. The summed E-state index contributed by atoms with van der Waals surface area (Å²) in [5.74, 6) is 0.282. The molecular formula is C18H21N3O2. The van der Waals surface area contributed by atoms with Crippen molar-refractivity contribution in [3.8, 4) is 5.75 Å². The molecule has 0 saturated carbocycles. The van der Waals surface area contributed by atoms with Crippen LogP contribution in [0.5, 0.6) is 5.75 Å². The quantitative estimate of drug-likeness (QED) is 0.896. The molecule has 2 aromatic rings. The highest BCUT2D eigenvalue weighted by atomic mass is 16.3. The van der Waals surface area contributed by atoms with Crippen molar-refractivity contribution in [1.29, 1.82) is 0 Å². The van der Waals surface area contributed by atoms with E-state index in [0.717, 1.165) is 11.4 Å². The van der Waals surface area contributed by atoms with Gasteiger partial charge >= 0.3 is 6.03 Å². The molecule has 0 aromatic heterocycles. The van der Waals surface area contributed by atoms with Crippen LogP contribution < -0.4 is 10.2 Å². The van der Waals surface area contributed by atoms with E-state index in [1.165, 1.54) is 5.56 Å². The van der Waals surface area contributed by atoms with Gasteiger partial charge in [-0.15, -0.1) is 0 Å². The topological polar surface area (TPSA) is 55.8 Å². The Bertz CT molecular complexity index is 677. The Hall–Kier alpha value is -2.69. The van der Waals surface area contributed by atoms with Gasteiger partial charge in [0.15, 0.2) is 0 Å². The minimum absolute atomic E-state index is 0.0780. The van der Waals surface area contributed by atoms with Crippen LogP contribution in [0.25, 0.3) is 0 Å². The molecule has 1 aliphatic heterocycles. The Morgan fingerprint density at radius 3 is 2.30 bits per heavy atom. The van der Waals surface area contributed by atoms with Crippen molar-refractivity contribution in [2.24, 2.45) is 0 Å². The lowest BCUT2D eigenvalue weighted by Crippen LogP contribution is -2.50. The molecule has 0 aliphatic carbocycles. The normalized spacial score (nSPS) is 14.7. The molecule has 1 fully saturated rings. The van der Waals surface area contributed by atoms with E-state index in [2.05, 4.69) is 10.2 Å². The van der Waals surface area contributed by atoms with Gasteiger partial charge in [-0.25, -0.2) is 4.79 Å². The zero-order valence-corrected chi connectivity index (χ0v) is 13.2. The maximum Gasteiger partial charge on any atom is 0.321 e. The summed E-state index contributed by atoms with van der Waals surface area (Å²) in [5.41, 5.74) is 2.80. The van der Waals surface area contributed by atoms with Crippen LogP contribution in [0, 0.1) is 6.92 Å². The lowest BCUT2D eigenvalue weighted by molar-refractivity contribution is 0.208. The number of amides is 2. The van der Waals surface area contributed by atoms with Crippen molar-refractivity contribution >= 4 is 17.4 Å². The molecule has 5 heteroatoms. The molecule has 120 valence electrons. The maximum atomic E-state index is 12.3. The van der Waals surface area contributed by atoms with Crippen molar-refractivity contribution in [3.63, 3.8) is 0 Å². The van der Waals surface area contributed by atoms with Crippen LogP contribution in [0.4, 0.5) is 16.2 Å². The second kappa shape index (κ2) is 6.60. The number of hydrogen-bond donors (Lipinski definition) is 2. The molecule has 1 saturated heterocycles. The van der Waals surface area contributed by atoms with Crippen molar-refractivity contribution in [2.75, 3.05) is 36.4 Å². The molecule has 0 radical (unpaired) electrons. The lowest BCUT2D eigenvalue weighted by atomic mass is 10.2. The van der Waals surface area contributed by atoms with Crippen LogP contribution in [0.3, 0.4) is 0 Å². The molecule has 1 heterocycles. The fraction of sp³-hybridized carbons (Fsp3) is 0.278. The first-order chi connectivity index (χ1) is 11.1.